The van der Waals surface area contributed by atoms with Crippen molar-refractivity contribution in [1.82, 2.24) is 5.32 Å². The Morgan fingerprint density at radius 2 is 1.53 bits per heavy atom. The van der Waals surface area contributed by atoms with Crippen LogP contribution in [0.5, 0.6) is 0 Å². The first-order chi connectivity index (χ1) is 8.38. The molecular formula is C15H20N2. The number of hydrogen-bond donors (Lipinski definition) is 2. The highest BCUT2D eigenvalue weighted by Crippen LogP contribution is 2.19. The largest absolute Gasteiger partial charge is 0.398 e. The predicted octanol–water partition coefficient (Wildman–Crippen LogP) is 3.18. The normalized spacial score (nSPS) is 15.1. The van der Waals surface area contributed by atoms with Crippen LogP contribution in [0.3, 0.4) is 0 Å². The fraction of sp³-hybridized carbons (Fsp3) is 0.333. The third kappa shape index (κ3) is 3.46. The van der Waals surface area contributed by atoms with Gasteiger partial charge in [0.1, 0.15) is 0 Å². The van der Waals surface area contributed by atoms with Gasteiger partial charge >= 0.3 is 0 Å². The SMILES string of the molecule is C1CCNCC1.Nc1cccc2ccccc12. The number of hydrogen-bond acceptors (Lipinski definition) is 2. The number of nitrogen functional groups attached to an aromatic ring is 1. The summed E-state index contributed by atoms with van der Waals surface area (Å²) in [5, 5.41) is 5.62. The van der Waals surface area contributed by atoms with Crippen molar-refractivity contribution >= 4 is 16.5 Å². The monoisotopic (exact) mass is 228 g/mol. The van der Waals surface area contributed by atoms with Crippen molar-refractivity contribution in [2.75, 3.05) is 18.8 Å². The summed E-state index contributed by atoms with van der Waals surface area (Å²) in [6, 6.07) is 14.1. The smallest absolute Gasteiger partial charge is 0.0393 e. The molecule has 17 heavy (non-hydrogen) atoms. The lowest BCUT2D eigenvalue weighted by Crippen LogP contribution is -2.21. The molecule has 90 valence electrons. The molecule has 0 unspecified atom stereocenters. The van der Waals surface area contributed by atoms with Gasteiger partial charge in [0.25, 0.3) is 0 Å². The van der Waals surface area contributed by atoms with Crippen LogP contribution in [0.1, 0.15) is 19.3 Å². The zero-order chi connectivity index (χ0) is 11.9. The van der Waals surface area contributed by atoms with E-state index in [4.69, 9.17) is 5.73 Å². The van der Waals surface area contributed by atoms with Crippen molar-refractivity contribution in [2.45, 2.75) is 19.3 Å². The van der Waals surface area contributed by atoms with Crippen molar-refractivity contribution in [2.24, 2.45) is 0 Å². The van der Waals surface area contributed by atoms with Crippen molar-refractivity contribution in [3.8, 4) is 0 Å². The maximum Gasteiger partial charge on any atom is 0.0393 e. The van der Waals surface area contributed by atoms with Crippen LogP contribution in [0.15, 0.2) is 42.5 Å². The third-order valence-electron chi connectivity index (χ3n) is 3.03. The Morgan fingerprint density at radius 1 is 0.824 bits per heavy atom. The van der Waals surface area contributed by atoms with E-state index in [1.807, 2.05) is 30.3 Å². The summed E-state index contributed by atoms with van der Waals surface area (Å²) in [5.41, 5.74) is 6.61. The van der Waals surface area contributed by atoms with Crippen LogP contribution >= 0.6 is 0 Å². The minimum atomic E-state index is 0.850. The van der Waals surface area contributed by atoms with Gasteiger partial charge in [0.05, 0.1) is 0 Å². The molecule has 1 heterocycles. The second-order valence-electron chi connectivity index (χ2n) is 4.38. The Kier molecular flexibility index (Phi) is 4.39. The molecule has 3 N–H and O–H groups in total. The molecule has 1 aliphatic rings. The Hall–Kier alpha value is -1.54. The number of nitrogens with one attached hydrogen (secondary N) is 1. The fourth-order valence-electron chi connectivity index (χ4n) is 2.05. The highest BCUT2D eigenvalue weighted by molar-refractivity contribution is 5.92. The predicted molar refractivity (Wildman–Crippen MR) is 75.1 cm³/mol. The lowest BCUT2D eigenvalue weighted by atomic mass is 10.1. The van der Waals surface area contributed by atoms with E-state index in [0.29, 0.717) is 0 Å². The molecule has 0 radical (unpaired) electrons. The van der Waals surface area contributed by atoms with Gasteiger partial charge in [-0.2, -0.15) is 0 Å². The van der Waals surface area contributed by atoms with Crippen molar-refractivity contribution in [1.29, 1.82) is 0 Å². The van der Waals surface area contributed by atoms with Gasteiger partial charge in [0.15, 0.2) is 0 Å². The van der Waals surface area contributed by atoms with E-state index in [2.05, 4.69) is 17.4 Å². The maximum atomic E-state index is 5.76. The molecule has 0 bridgehead atoms. The number of anilines is 1. The molecule has 2 aromatic rings. The molecule has 1 aliphatic heterocycles. The minimum absolute atomic E-state index is 0.850. The van der Waals surface area contributed by atoms with Gasteiger partial charge in [-0.05, 0) is 37.4 Å². The van der Waals surface area contributed by atoms with Crippen molar-refractivity contribution < 1.29 is 0 Å². The molecule has 1 fully saturated rings. The summed E-state index contributed by atoms with van der Waals surface area (Å²) in [5.74, 6) is 0. The third-order valence-corrected chi connectivity index (χ3v) is 3.03. The van der Waals surface area contributed by atoms with Crippen LogP contribution in [-0.2, 0) is 0 Å². The molecule has 1 saturated heterocycles. The number of rotatable bonds is 0. The molecule has 3 rings (SSSR count). The first-order valence-electron chi connectivity index (χ1n) is 6.32. The summed E-state index contributed by atoms with van der Waals surface area (Å²) in [6.45, 7) is 2.50. The Labute approximate surface area is 103 Å². The van der Waals surface area contributed by atoms with Crippen LogP contribution in [0.4, 0.5) is 5.69 Å². The molecule has 2 heteroatoms. The molecule has 0 atom stereocenters. The lowest BCUT2D eigenvalue weighted by molar-refractivity contribution is 0.520. The Morgan fingerprint density at radius 3 is 2.12 bits per heavy atom. The molecule has 2 nitrogen and oxygen atoms in total. The van der Waals surface area contributed by atoms with Gasteiger partial charge in [-0.25, -0.2) is 0 Å². The standard InChI is InChI=1S/C10H9N.C5H11N/c11-10-7-3-5-8-4-1-2-6-9(8)10;1-2-4-6-5-3-1/h1-7H,11H2;6H,1-5H2. The van der Waals surface area contributed by atoms with Gasteiger partial charge in [0, 0.05) is 11.1 Å². The van der Waals surface area contributed by atoms with E-state index in [-0.39, 0.29) is 0 Å². The average molecular weight is 228 g/mol. The molecular weight excluding hydrogens is 208 g/mol. The van der Waals surface area contributed by atoms with E-state index in [1.54, 1.807) is 0 Å². The summed E-state index contributed by atoms with van der Waals surface area (Å²) >= 11 is 0. The van der Waals surface area contributed by atoms with Crippen LogP contribution in [0.25, 0.3) is 10.8 Å². The van der Waals surface area contributed by atoms with E-state index < -0.39 is 0 Å². The highest BCUT2D eigenvalue weighted by Gasteiger charge is 1.94. The topological polar surface area (TPSA) is 38.0 Å². The second-order valence-corrected chi connectivity index (χ2v) is 4.38. The molecule has 0 aromatic heterocycles. The lowest BCUT2D eigenvalue weighted by Gasteiger charge is -2.08. The van der Waals surface area contributed by atoms with Crippen molar-refractivity contribution in [3.63, 3.8) is 0 Å². The molecule has 0 amide bonds. The van der Waals surface area contributed by atoms with Gasteiger partial charge in [0.2, 0.25) is 0 Å². The van der Waals surface area contributed by atoms with Gasteiger partial charge in [-0.15, -0.1) is 0 Å². The van der Waals surface area contributed by atoms with Gasteiger partial charge in [-0.1, -0.05) is 42.8 Å². The van der Waals surface area contributed by atoms with Crippen LogP contribution in [0.2, 0.25) is 0 Å². The zero-order valence-electron chi connectivity index (χ0n) is 10.2. The summed E-state index contributed by atoms with van der Waals surface area (Å²) in [4.78, 5) is 0. The first kappa shape index (κ1) is 11.9. The highest BCUT2D eigenvalue weighted by atomic mass is 14.9. The summed E-state index contributed by atoms with van der Waals surface area (Å²) in [7, 11) is 0. The number of piperidine rings is 1. The number of nitrogens with two attached hydrogens (primary N) is 1. The summed E-state index contributed by atoms with van der Waals surface area (Å²) < 4.78 is 0. The first-order valence-corrected chi connectivity index (χ1v) is 6.32. The van der Waals surface area contributed by atoms with E-state index in [0.717, 1.165) is 11.1 Å². The van der Waals surface area contributed by atoms with Crippen LogP contribution in [-0.4, -0.2) is 13.1 Å². The second kappa shape index (κ2) is 6.26. The molecule has 0 aliphatic carbocycles. The van der Waals surface area contributed by atoms with Crippen LogP contribution in [0, 0.1) is 0 Å². The summed E-state index contributed by atoms with van der Waals surface area (Å²) in [6.07, 6.45) is 4.22. The maximum absolute atomic E-state index is 5.76. The molecule has 0 spiro atoms. The Bertz CT molecular complexity index is 444. The van der Waals surface area contributed by atoms with Gasteiger partial charge < -0.3 is 11.1 Å². The minimum Gasteiger partial charge on any atom is -0.398 e. The van der Waals surface area contributed by atoms with Crippen LogP contribution < -0.4 is 11.1 Å². The quantitative estimate of drug-likeness (QED) is 0.680. The fourth-order valence-corrected chi connectivity index (χ4v) is 2.05. The Balaban J connectivity index is 0.000000153. The van der Waals surface area contributed by atoms with Gasteiger partial charge in [-0.3, -0.25) is 0 Å². The zero-order valence-corrected chi connectivity index (χ0v) is 10.2. The molecule has 0 saturated carbocycles. The molecule has 2 aromatic carbocycles. The van der Waals surface area contributed by atoms with E-state index in [9.17, 15) is 0 Å². The van der Waals surface area contributed by atoms with Crippen molar-refractivity contribution in [3.05, 3.63) is 42.5 Å². The number of benzene rings is 2. The number of fused-ring (bicyclic) bond motifs is 1. The average Bonchev–Trinajstić information content (AvgIpc) is 2.42. The van der Waals surface area contributed by atoms with E-state index >= 15 is 0 Å². The van der Waals surface area contributed by atoms with E-state index in [1.165, 1.54) is 37.7 Å².